The standard InChI is InChI=1S/C15H17N3O4/c1-9-7-13(18-22-9)15(20)17-10(2)11-3-5-12(6-4-11)21-8-14(16)19/h3-7,10H,8H2,1-2H3,(H2,16,19)(H,17,20)/t10-/m1/s1. The third-order valence-corrected chi connectivity index (χ3v) is 2.97. The normalized spacial score (nSPS) is 11.7. The highest BCUT2D eigenvalue weighted by molar-refractivity contribution is 5.92. The van der Waals surface area contributed by atoms with E-state index in [0.29, 0.717) is 11.5 Å². The molecule has 0 aliphatic heterocycles. The van der Waals surface area contributed by atoms with Gasteiger partial charge in [0.05, 0.1) is 6.04 Å². The van der Waals surface area contributed by atoms with Crippen LogP contribution in [0.1, 0.15) is 34.8 Å². The van der Waals surface area contributed by atoms with Crippen molar-refractivity contribution in [3.63, 3.8) is 0 Å². The molecule has 7 heteroatoms. The second kappa shape index (κ2) is 6.75. The van der Waals surface area contributed by atoms with Crippen LogP contribution in [0.2, 0.25) is 0 Å². The fourth-order valence-corrected chi connectivity index (χ4v) is 1.83. The lowest BCUT2D eigenvalue weighted by Crippen LogP contribution is -2.26. The summed E-state index contributed by atoms with van der Waals surface area (Å²) in [7, 11) is 0. The summed E-state index contributed by atoms with van der Waals surface area (Å²) in [5, 5.41) is 6.49. The van der Waals surface area contributed by atoms with Gasteiger partial charge >= 0.3 is 0 Å². The lowest BCUT2D eigenvalue weighted by atomic mass is 10.1. The van der Waals surface area contributed by atoms with Crippen LogP contribution in [0.15, 0.2) is 34.9 Å². The molecule has 116 valence electrons. The van der Waals surface area contributed by atoms with E-state index >= 15 is 0 Å². The van der Waals surface area contributed by atoms with Crippen molar-refractivity contribution in [3.8, 4) is 5.75 Å². The van der Waals surface area contributed by atoms with Gasteiger partial charge in [0.15, 0.2) is 12.3 Å². The third kappa shape index (κ3) is 4.08. The summed E-state index contributed by atoms with van der Waals surface area (Å²) in [6.45, 7) is 3.40. The zero-order chi connectivity index (χ0) is 16.1. The van der Waals surface area contributed by atoms with Crippen molar-refractivity contribution in [3.05, 3.63) is 47.3 Å². The van der Waals surface area contributed by atoms with Gasteiger partial charge in [0, 0.05) is 6.07 Å². The van der Waals surface area contributed by atoms with Gasteiger partial charge in [0.2, 0.25) is 0 Å². The summed E-state index contributed by atoms with van der Waals surface area (Å²) in [5.41, 5.74) is 6.14. The van der Waals surface area contributed by atoms with Gasteiger partial charge < -0.3 is 20.3 Å². The number of ether oxygens (including phenoxy) is 1. The molecule has 0 saturated carbocycles. The number of carbonyl (C=O) groups excluding carboxylic acids is 2. The number of nitrogens with zero attached hydrogens (tertiary/aromatic N) is 1. The molecule has 1 aromatic carbocycles. The van der Waals surface area contributed by atoms with Gasteiger partial charge in [-0.25, -0.2) is 0 Å². The van der Waals surface area contributed by atoms with Crippen LogP contribution in [0, 0.1) is 6.92 Å². The number of hydrogen-bond donors (Lipinski definition) is 2. The van der Waals surface area contributed by atoms with E-state index in [1.54, 1.807) is 37.3 Å². The number of hydrogen-bond acceptors (Lipinski definition) is 5. The number of carbonyl (C=O) groups is 2. The highest BCUT2D eigenvalue weighted by Gasteiger charge is 2.14. The quantitative estimate of drug-likeness (QED) is 0.837. The van der Waals surface area contributed by atoms with Crippen molar-refractivity contribution in [2.45, 2.75) is 19.9 Å². The number of aryl methyl sites for hydroxylation is 1. The van der Waals surface area contributed by atoms with Crippen molar-refractivity contribution < 1.29 is 18.8 Å². The van der Waals surface area contributed by atoms with E-state index < -0.39 is 5.91 Å². The Labute approximate surface area is 127 Å². The predicted octanol–water partition coefficient (Wildman–Crippen LogP) is 1.34. The van der Waals surface area contributed by atoms with Crippen molar-refractivity contribution in [1.29, 1.82) is 0 Å². The number of primary amides is 1. The summed E-state index contributed by atoms with van der Waals surface area (Å²) in [5.74, 6) is 0.271. The van der Waals surface area contributed by atoms with Gasteiger partial charge in [-0.15, -0.1) is 0 Å². The monoisotopic (exact) mass is 303 g/mol. The van der Waals surface area contributed by atoms with Crippen molar-refractivity contribution in [2.24, 2.45) is 5.73 Å². The lowest BCUT2D eigenvalue weighted by Gasteiger charge is -2.14. The third-order valence-electron chi connectivity index (χ3n) is 2.97. The van der Waals surface area contributed by atoms with Gasteiger partial charge in [0.1, 0.15) is 11.5 Å². The van der Waals surface area contributed by atoms with Crippen molar-refractivity contribution in [1.82, 2.24) is 10.5 Å². The Kier molecular flexibility index (Phi) is 4.77. The molecule has 2 rings (SSSR count). The molecule has 0 aliphatic carbocycles. The first-order valence-corrected chi connectivity index (χ1v) is 6.71. The fourth-order valence-electron chi connectivity index (χ4n) is 1.83. The molecule has 0 aliphatic rings. The molecule has 0 spiro atoms. The van der Waals surface area contributed by atoms with Crippen LogP contribution in [0.25, 0.3) is 0 Å². The second-order valence-corrected chi connectivity index (χ2v) is 4.84. The van der Waals surface area contributed by atoms with E-state index in [4.69, 9.17) is 15.0 Å². The second-order valence-electron chi connectivity index (χ2n) is 4.84. The highest BCUT2D eigenvalue weighted by atomic mass is 16.5. The zero-order valence-corrected chi connectivity index (χ0v) is 12.3. The van der Waals surface area contributed by atoms with E-state index in [1.165, 1.54) is 0 Å². The van der Waals surface area contributed by atoms with Crippen LogP contribution in [0.3, 0.4) is 0 Å². The van der Waals surface area contributed by atoms with E-state index in [9.17, 15) is 9.59 Å². The molecular formula is C15H17N3O4. The molecule has 0 radical (unpaired) electrons. The minimum absolute atomic E-state index is 0.169. The average molecular weight is 303 g/mol. The Morgan fingerprint density at radius 2 is 2.05 bits per heavy atom. The number of amides is 2. The molecule has 3 N–H and O–H groups in total. The molecule has 1 atom stereocenters. The van der Waals surface area contributed by atoms with Crippen LogP contribution in [0.5, 0.6) is 5.75 Å². The maximum absolute atomic E-state index is 12.0. The number of nitrogens with two attached hydrogens (primary N) is 1. The lowest BCUT2D eigenvalue weighted by molar-refractivity contribution is -0.119. The molecule has 0 saturated heterocycles. The first kappa shape index (κ1) is 15.6. The van der Waals surface area contributed by atoms with Gasteiger partial charge in [-0.2, -0.15) is 0 Å². The van der Waals surface area contributed by atoms with Crippen molar-refractivity contribution >= 4 is 11.8 Å². The summed E-state index contributed by atoms with van der Waals surface area (Å²) in [6.07, 6.45) is 0. The fraction of sp³-hybridized carbons (Fsp3) is 0.267. The molecule has 22 heavy (non-hydrogen) atoms. The molecule has 0 bridgehead atoms. The van der Waals surface area contributed by atoms with Crippen molar-refractivity contribution in [2.75, 3.05) is 6.61 Å². The number of nitrogens with one attached hydrogen (secondary N) is 1. The van der Waals surface area contributed by atoms with Crippen LogP contribution in [-0.4, -0.2) is 23.6 Å². The number of rotatable bonds is 6. The first-order chi connectivity index (χ1) is 10.5. The largest absolute Gasteiger partial charge is 0.484 e. The van der Waals surface area contributed by atoms with Crippen LogP contribution in [-0.2, 0) is 4.79 Å². The first-order valence-electron chi connectivity index (χ1n) is 6.71. The SMILES string of the molecule is Cc1cc(C(=O)N[C@H](C)c2ccc(OCC(N)=O)cc2)no1. The molecule has 2 aromatic rings. The Bertz CT molecular complexity index is 664. The van der Waals surface area contributed by atoms with E-state index in [2.05, 4.69) is 10.5 Å². The molecular weight excluding hydrogens is 286 g/mol. The van der Waals surface area contributed by atoms with E-state index in [0.717, 1.165) is 5.56 Å². The molecule has 7 nitrogen and oxygen atoms in total. The van der Waals surface area contributed by atoms with Crippen LogP contribution in [0.4, 0.5) is 0 Å². The van der Waals surface area contributed by atoms with Gasteiger partial charge in [0.25, 0.3) is 11.8 Å². The van der Waals surface area contributed by atoms with E-state index in [1.807, 2.05) is 6.92 Å². The maximum atomic E-state index is 12.0. The van der Waals surface area contributed by atoms with Crippen LogP contribution < -0.4 is 15.8 Å². The summed E-state index contributed by atoms with van der Waals surface area (Å²) in [4.78, 5) is 22.6. The van der Waals surface area contributed by atoms with Crippen LogP contribution >= 0.6 is 0 Å². The minimum atomic E-state index is -0.535. The van der Waals surface area contributed by atoms with Gasteiger partial charge in [-0.05, 0) is 31.5 Å². The molecule has 0 fully saturated rings. The topological polar surface area (TPSA) is 107 Å². The average Bonchev–Trinajstić information content (AvgIpc) is 2.92. The smallest absolute Gasteiger partial charge is 0.273 e. The Hall–Kier alpha value is -2.83. The van der Waals surface area contributed by atoms with Gasteiger partial charge in [-0.1, -0.05) is 17.3 Å². The van der Waals surface area contributed by atoms with Gasteiger partial charge in [-0.3, -0.25) is 9.59 Å². The number of benzene rings is 1. The molecule has 2 amide bonds. The molecule has 0 unspecified atom stereocenters. The molecule has 1 aromatic heterocycles. The Balaban J connectivity index is 1.96. The molecule has 1 heterocycles. The maximum Gasteiger partial charge on any atom is 0.273 e. The highest BCUT2D eigenvalue weighted by Crippen LogP contribution is 2.18. The number of aromatic nitrogens is 1. The summed E-state index contributed by atoms with van der Waals surface area (Å²) in [6, 6.07) is 8.38. The summed E-state index contributed by atoms with van der Waals surface area (Å²) >= 11 is 0. The Morgan fingerprint density at radius 3 is 2.59 bits per heavy atom. The van der Waals surface area contributed by atoms with E-state index in [-0.39, 0.29) is 24.2 Å². The predicted molar refractivity (Wildman–Crippen MR) is 78.3 cm³/mol. The Morgan fingerprint density at radius 1 is 1.36 bits per heavy atom. The minimum Gasteiger partial charge on any atom is -0.484 e. The zero-order valence-electron chi connectivity index (χ0n) is 12.3. The summed E-state index contributed by atoms with van der Waals surface area (Å²) < 4.78 is 10.0.